The molecule has 0 unspecified atom stereocenters. The first-order valence-electron chi connectivity index (χ1n) is 13.2. The van der Waals surface area contributed by atoms with Crippen LogP contribution in [0.5, 0.6) is 5.75 Å². The maximum atomic E-state index is 13.8. The van der Waals surface area contributed by atoms with Crippen LogP contribution in [-0.4, -0.2) is 35.4 Å². The van der Waals surface area contributed by atoms with Crippen LogP contribution in [0.25, 0.3) is 0 Å². The molecule has 2 amide bonds. The molecule has 1 aliphatic carbocycles. The van der Waals surface area contributed by atoms with E-state index in [-0.39, 0.29) is 31.0 Å². The third-order valence-electron chi connectivity index (χ3n) is 6.93. The smallest absolute Gasteiger partial charge is 0.261 e. The van der Waals surface area contributed by atoms with E-state index in [2.05, 4.69) is 5.32 Å². The van der Waals surface area contributed by atoms with E-state index in [1.54, 1.807) is 23.1 Å². The minimum atomic E-state index is -0.736. The van der Waals surface area contributed by atoms with Gasteiger partial charge in [0.1, 0.15) is 11.8 Å². The number of ether oxygens (including phenoxy) is 1. The van der Waals surface area contributed by atoms with E-state index in [0.29, 0.717) is 27.8 Å². The monoisotopic (exact) mass is 552 g/mol. The van der Waals surface area contributed by atoms with Crippen molar-refractivity contribution in [2.75, 3.05) is 6.61 Å². The molecule has 3 aromatic rings. The van der Waals surface area contributed by atoms with Crippen LogP contribution in [0.15, 0.2) is 72.8 Å². The van der Waals surface area contributed by atoms with Gasteiger partial charge in [-0.25, -0.2) is 0 Å². The van der Waals surface area contributed by atoms with Gasteiger partial charge in [0.05, 0.1) is 0 Å². The Hall–Kier alpha value is -3.02. The Morgan fingerprint density at radius 1 is 0.974 bits per heavy atom. The molecular formula is C31H34Cl2N2O3. The standard InChI is InChI=1S/C31H34Cl2N2O3/c1-22-9-8-14-27(17-22)38-21-30(36)35(20-24-15-16-25(32)19-28(24)33)29(18-23-10-4-2-5-11-23)31(37)34-26-12-6-3-7-13-26/h2,4-5,8-11,14-17,19,26,29H,3,6-7,12-13,18,20-21H2,1H3,(H,34,37)/t29-/m0/s1. The van der Waals surface area contributed by atoms with Crippen molar-refractivity contribution in [3.8, 4) is 5.75 Å². The highest BCUT2D eigenvalue weighted by Crippen LogP contribution is 2.25. The lowest BCUT2D eigenvalue weighted by Crippen LogP contribution is -2.53. The summed E-state index contributed by atoms with van der Waals surface area (Å²) < 4.78 is 5.87. The van der Waals surface area contributed by atoms with Gasteiger partial charge < -0.3 is 15.0 Å². The molecule has 1 atom stereocenters. The van der Waals surface area contributed by atoms with Gasteiger partial charge in [-0.15, -0.1) is 0 Å². The van der Waals surface area contributed by atoms with Crippen LogP contribution in [0.1, 0.15) is 48.8 Å². The van der Waals surface area contributed by atoms with Crippen molar-refractivity contribution in [3.63, 3.8) is 0 Å². The van der Waals surface area contributed by atoms with Crippen LogP contribution >= 0.6 is 23.2 Å². The Balaban J connectivity index is 1.63. The number of nitrogens with zero attached hydrogens (tertiary/aromatic N) is 1. The number of benzene rings is 3. The summed E-state index contributed by atoms with van der Waals surface area (Å²) in [6.07, 6.45) is 5.67. The van der Waals surface area contributed by atoms with Gasteiger partial charge in [-0.05, 0) is 60.7 Å². The number of carbonyl (C=O) groups excluding carboxylic acids is 2. The second-order valence-electron chi connectivity index (χ2n) is 9.91. The maximum absolute atomic E-state index is 13.8. The van der Waals surface area contributed by atoms with E-state index >= 15 is 0 Å². The van der Waals surface area contributed by atoms with Gasteiger partial charge in [0, 0.05) is 29.1 Å². The lowest BCUT2D eigenvalue weighted by Gasteiger charge is -2.33. The minimum Gasteiger partial charge on any atom is -0.484 e. The van der Waals surface area contributed by atoms with Crippen LogP contribution in [0.2, 0.25) is 10.0 Å². The number of aryl methyl sites for hydroxylation is 1. The number of amides is 2. The average molecular weight is 554 g/mol. The summed E-state index contributed by atoms with van der Waals surface area (Å²) in [4.78, 5) is 29.2. The molecule has 1 aliphatic rings. The summed E-state index contributed by atoms with van der Waals surface area (Å²) in [7, 11) is 0. The van der Waals surface area contributed by atoms with Crippen LogP contribution < -0.4 is 10.1 Å². The van der Waals surface area contributed by atoms with E-state index < -0.39 is 6.04 Å². The number of hydrogen-bond donors (Lipinski definition) is 1. The average Bonchev–Trinajstić information content (AvgIpc) is 2.91. The van der Waals surface area contributed by atoms with Gasteiger partial charge in [0.15, 0.2) is 6.61 Å². The van der Waals surface area contributed by atoms with E-state index in [1.807, 2.05) is 61.5 Å². The number of halogens is 2. The lowest BCUT2D eigenvalue weighted by atomic mass is 9.94. The van der Waals surface area contributed by atoms with Gasteiger partial charge in [-0.3, -0.25) is 9.59 Å². The Morgan fingerprint density at radius 3 is 2.45 bits per heavy atom. The SMILES string of the molecule is Cc1cccc(OCC(=O)N(Cc2ccc(Cl)cc2Cl)[C@@H](Cc2ccccc2)C(=O)NC2CCCCC2)c1. The molecule has 0 aliphatic heterocycles. The van der Waals surface area contributed by atoms with Gasteiger partial charge in [-0.2, -0.15) is 0 Å². The quantitative estimate of drug-likeness (QED) is 0.302. The number of carbonyl (C=O) groups is 2. The molecule has 7 heteroatoms. The zero-order chi connectivity index (χ0) is 26.9. The highest BCUT2D eigenvalue weighted by Gasteiger charge is 2.32. The molecule has 1 fully saturated rings. The van der Waals surface area contributed by atoms with E-state index in [1.165, 1.54) is 6.42 Å². The second-order valence-corrected chi connectivity index (χ2v) is 10.8. The fourth-order valence-electron chi connectivity index (χ4n) is 4.86. The van der Waals surface area contributed by atoms with Crippen LogP contribution in [0.3, 0.4) is 0 Å². The fourth-order valence-corrected chi connectivity index (χ4v) is 5.33. The Bertz CT molecular complexity index is 1230. The van der Waals surface area contributed by atoms with E-state index in [0.717, 1.165) is 36.8 Å². The molecule has 200 valence electrons. The molecule has 3 aromatic carbocycles. The molecule has 0 radical (unpaired) electrons. The van der Waals surface area contributed by atoms with Gasteiger partial charge in [0.2, 0.25) is 5.91 Å². The van der Waals surface area contributed by atoms with Crippen molar-refractivity contribution >= 4 is 35.0 Å². The molecule has 38 heavy (non-hydrogen) atoms. The summed E-state index contributed by atoms with van der Waals surface area (Å²) in [5.74, 6) is 0.154. The van der Waals surface area contributed by atoms with Crippen LogP contribution in [0, 0.1) is 6.92 Å². The fraction of sp³-hybridized carbons (Fsp3) is 0.355. The molecular weight excluding hydrogens is 519 g/mol. The van der Waals surface area contributed by atoms with Crippen molar-refractivity contribution in [1.29, 1.82) is 0 Å². The van der Waals surface area contributed by atoms with E-state index in [9.17, 15) is 9.59 Å². The molecule has 4 rings (SSSR count). The van der Waals surface area contributed by atoms with Crippen LogP contribution in [-0.2, 0) is 22.6 Å². The molecule has 0 bridgehead atoms. The number of nitrogens with one attached hydrogen (secondary N) is 1. The Labute approximate surface area is 235 Å². The topological polar surface area (TPSA) is 58.6 Å². The van der Waals surface area contributed by atoms with Crippen molar-refractivity contribution in [2.45, 2.75) is 64.1 Å². The summed E-state index contributed by atoms with van der Waals surface area (Å²) in [5.41, 5.74) is 2.72. The number of hydrogen-bond acceptors (Lipinski definition) is 3. The first kappa shape index (κ1) is 28.0. The number of rotatable bonds is 10. The molecule has 0 heterocycles. The minimum absolute atomic E-state index is 0.120. The summed E-state index contributed by atoms with van der Waals surface area (Å²) in [5, 5.41) is 4.19. The molecule has 1 saturated carbocycles. The molecule has 1 N–H and O–H groups in total. The van der Waals surface area contributed by atoms with Gasteiger partial charge in [-0.1, -0.05) is 91.0 Å². The zero-order valence-corrected chi connectivity index (χ0v) is 23.2. The predicted molar refractivity (Wildman–Crippen MR) is 153 cm³/mol. The Morgan fingerprint density at radius 2 is 1.74 bits per heavy atom. The normalized spacial score (nSPS) is 14.5. The third kappa shape index (κ3) is 7.99. The van der Waals surface area contributed by atoms with Crippen molar-refractivity contribution in [2.24, 2.45) is 0 Å². The third-order valence-corrected chi connectivity index (χ3v) is 7.52. The second kappa shape index (κ2) is 13.7. The Kier molecular flexibility index (Phi) is 10.1. The molecule has 0 saturated heterocycles. The van der Waals surface area contributed by atoms with Crippen molar-refractivity contribution in [1.82, 2.24) is 10.2 Å². The first-order valence-corrected chi connectivity index (χ1v) is 13.9. The maximum Gasteiger partial charge on any atom is 0.261 e. The zero-order valence-electron chi connectivity index (χ0n) is 21.7. The lowest BCUT2D eigenvalue weighted by molar-refractivity contribution is -0.143. The molecule has 0 aromatic heterocycles. The summed E-state index contributed by atoms with van der Waals surface area (Å²) in [6.45, 7) is 1.92. The van der Waals surface area contributed by atoms with Gasteiger partial charge in [0.25, 0.3) is 5.91 Å². The summed E-state index contributed by atoms with van der Waals surface area (Å²) >= 11 is 12.6. The predicted octanol–water partition coefficient (Wildman–Crippen LogP) is 6.77. The largest absolute Gasteiger partial charge is 0.484 e. The summed E-state index contributed by atoms with van der Waals surface area (Å²) in [6, 6.07) is 21.9. The van der Waals surface area contributed by atoms with Crippen LogP contribution in [0.4, 0.5) is 0 Å². The molecule has 5 nitrogen and oxygen atoms in total. The first-order chi connectivity index (χ1) is 18.4. The van der Waals surface area contributed by atoms with Gasteiger partial charge >= 0.3 is 0 Å². The highest BCUT2D eigenvalue weighted by atomic mass is 35.5. The highest BCUT2D eigenvalue weighted by molar-refractivity contribution is 6.35. The van der Waals surface area contributed by atoms with Crippen molar-refractivity contribution in [3.05, 3.63) is 99.5 Å². The van der Waals surface area contributed by atoms with E-state index in [4.69, 9.17) is 27.9 Å². The van der Waals surface area contributed by atoms with Crippen molar-refractivity contribution < 1.29 is 14.3 Å². The molecule has 0 spiro atoms.